The van der Waals surface area contributed by atoms with Crippen molar-refractivity contribution < 1.29 is 5.11 Å². The molecular formula is C24H26NOS+. The minimum absolute atomic E-state index is 0.379. The van der Waals surface area contributed by atoms with Gasteiger partial charge in [-0.25, -0.2) is 0 Å². The van der Waals surface area contributed by atoms with Crippen LogP contribution in [0.25, 0.3) is 0 Å². The average molecular weight is 377 g/mol. The lowest BCUT2D eigenvalue weighted by molar-refractivity contribution is 0.467. The predicted molar refractivity (Wildman–Crippen MR) is 117 cm³/mol. The highest BCUT2D eigenvalue weighted by Gasteiger charge is 2.27. The fraction of sp³-hybridized carbons (Fsp3) is 0.250. The zero-order valence-electron chi connectivity index (χ0n) is 16.0. The Bertz CT molecular complexity index is 892. The second-order valence-corrected chi connectivity index (χ2v) is 9.47. The summed E-state index contributed by atoms with van der Waals surface area (Å²) in [7, 11) is 0.437. The van der Waals surface area contributed by atoms with E-state index in [1.54, 1.807) is 0 Å². The molecule has 0 bridgehead atoms. The van der Waals surface area contributed by atoms with Gasteiger partial charge in [-0.3, -0.25) is 0 Å². The number of nitrogens with zero attached hydrogens (tertiary/aromatic N) is 1. The lowest BCUT2D eigenvalue weighted by Crippen LogP contribution is -2.11. The van der Waals surface area contributed by atoms with E-state index in [1.165, 1.54) is 29.2 Å². The summed E-state index contributed by atoms with van der Waals surface area (Å²) in [6.07, 6.45) is 2.74. The van der Waals surface area contributed by atoms with E-state index < -0.39 is 0 Å². The van der Waals surface area contributed by atoms with Gasteiger partial charge in [0.15, 0.2) is 4.90 Å². The molecule has 1 heterocycles. The van der Waals surface area contributed by atoms with Crippen LogP contribution >= 0.6 is 0 Å². The number of aromatic hydroxyl groups is 1. The Kier molecular flexibility index (Phi) is 5.13. The van der Waals surface area contributed by atoms with Crippen molar-refractivity contribution in [2.45, 2.75) is 31.6 Å². The highest BCUT2D eigenvalue weighted by molar-refractivity contribution is 7.97. The van der Waals surface area contributed by atoms with Gasteiger partial charge < -0.3 is 10.0 Å². The molecule has 138 valence electrons. The van der Waals surface area contributed by atoms with E-state index in [0.29, 0.717) is 16.6 Å². The Morgan fingerprint density at radius 2 is 1.30 bits per heavy atom. The molecule has 1 aliphatic rings. The number of phenolic OH excluding ortho intramolecular Hbond substituents is 1. The number of rotatable bonds is 4. The number of para-hydroxylation sites is 1. The van der Waals surface area contributed by atoms with Crippen LogP contribution in [0.4, 0.5) is 17.1 Å². The monoisotopic (exact) mass is 376 g/mol. The minimum atomic E-state index is 0.379. The molecule has 4 rings (SSSR count). The number of phenols is 1. The Balaban J connectivity index is 1.77. The van der Waals surface area contributed by atoms with Gasteiger partial charge in [0.2, 0.25) is 0 Å². The van der Waals surface area contributed by atoms with Crippen LogP contribution in [0.1, 0.15) is 24.0 Å². The molecule has 0 radical (unpaired) electrons. The lowest BCUT2D eigenvalue weighted by atomic mass is 10.1. The molecule has 3 heteroatoms. The van der Waals surface area contributed by atoms with E-state index in [2.05, 4.69) is 65.6 Å². The first-order valence-corrected chi connectivity index (χ1v) is 11.1. The van der Waals surface area contributed by atoms with Crippen molar-refractivity contribution in [3.05, 3.63) is 77.9 Å². The van der Waals surface area contributed by atoms with Crippen LogP contribution in [-0.2, 0) is 10.9 Å². The highest BCUT2D eigenvalue weighted by Crippen LogP contribution is 2.38. The van der Waals surface area contributed by atoms with Gasteiger partial charge in [-0.05, 0) is 86.3 Å². The third kappa shape index (κ3) is 3.70. The summed E-state index contributed by atoms with van der Waals surface area (Å²) in [4.78, 5) is 3.75. The molecule has 1 saturated heterocycles. The first-order chi connectivity index (χ1) is 13.1. The molecule has 3 aromatic carbocycles. The van der Waals surface area contributed by atoms with Crippen molar-refractivity contribution in [3.8, 4) is 5.75 Å². The van der Waals surface area contributed by atoms with Crippen LogP contribution in [0.3, 0.4) is 0 Å². The van der Waals surface area contributed by atoms with Gasteiger partial charge in [0, 0.05) is 28.0 Å². The fourth-order valence-corrected chi connectivity index (χ4v) is 6.07. The number of aryl methyl sites for hydroxylation is 2. The molecule has 0 aliphatic carbocycles. The van der Waals surface area contributed by atoms with Gasteiger partial charge in [0.25, 0.3) is 0 Å². The van der Waals surface area contributed by atoms with E-state index in [0.717, 1.165) is 28.2 Å². The van der Waals surface area contributed by atoms with Crippen molar-refractivity contribution in [2.24, 2.45) is 0 Å². The molecule has 0 spiro atoms. The Labute approximate surface area is 164 Å². The Morgan fingerprint density at radius 1 is 0.741 bits per heavy atom. The molecule has 2 nitrogen and oxygen atoms in total. The Hall–Kier alpha value is -2.39. The predicted octanol–water partition coefficient (Wildman–Crippen LogP) is 6.25. The molecule has 27 heavy (non-hydrogen) atoms. The highest BCUT2D eigenvalue weighted by atomic mass is 32.2. The van der Waals surface area contributed by atoms with Gasteiger partial charge in [0.1, 0.15) is 17.3 Å². The third-order valence-electron chi connectivity index (χ3n) is 5.21. The molecule has 0 unspecified atom stereocenters. The summed E-state index contributed by atoms with van der Waals surface area (Å²) >= 11 is 0. The standard InChI is InChI=1S/C24H25NOS/c1-18-16-22(17-19(2)24(18)26)25(20-8-4-3-5-9-20)21-10-12-23(13-11-21)27-14-6-7-15-27/h3-5,8-13,16-17H,6-7,14-15H2,1-2H3/p+1. The normalized spacial score (nSPS) is 14.4. The van der Waals surface area contributed by atoms with Crippen LogP contribution in [0.2, 0.25) is 0 Å². The summed E-state index contributed by atoms with van der Waals surface area (Å²) in [5.41, 5.74) is 5.14. The smallest absolute Gasteiger partial charge is 0.155 e. The van der Waals surface area contributed by atoms with Gasteiger partial charge in [-0.1, -0.05) is 18.2 Å². The molecule has 1 aliphatic heterocycles. The molecule has 0 aromatic heterocycles. The molecule has 0 amide bonds. The average Bonchev–Trinajstić information content (AvgIpc) is 3.22. The fourth-order valence-electron chi connectivity index (χ4n) is 3.76. The van der Waals surface area contributed by atoms with Crippen molar-refractivity contribution in [3.63, 3.8) is 0 Å². The number of hydrogen-bond donors (Lipinski definition) is 1. The molecular weight excluding hydrogens is 350 g/mol. The van der Waals surface area contributed by atoms with Gasteiger partial charge in [-0.15, -0.1) is 0 Å². The molecule has 3 aromatic rings. The SMILES string of the molecule is Cc1cc(N(c2ccccc2)c2ccc([S+]3CCCC3)cc2)cc(C)c1O. The van der Waals surface area contributed by atoms with E-state index in [-0.39, 0.29) is 0 Å². The van der Waals surface area contributed by atoms with E-state index in [9.17, 15) is 5.11 Å². The number of benzene rings is 3. The first kappa shape index (κ1) is 18.0. The molecule has 0 atom stereocenters. The van der Waals surface area contributed by atoms with Gasteiger partial charge >= 0.3 is 0 Å². The second kappa shape index (κ2) is 7.69. The quantitative estimate of drug-likeness (QED) is 0.544. The van der Waals surface area contributed by atoms with E-state index in [1.807, 2.05) is 19.9 Å². The minimum Gasteiger partial charge on any atom is -0.507 e. The summed E-state index contributed by atoms with van der Waals surface area (Å²) < 4.78 is 0. The third-order valence-corrected chi connectivity index (χ3v) is 7.71. The summed E-state index contributed by atoms with van der Waals surface area (Å²) in [6.45, 7) is 3.92. The maximum Gasteiger partial charge on any atom is 0.155 e. The summed E-state index contributed by atoms with van der Waals surface area (Å²) in [6, 6.07) is 23.6. The maximum absolute atomic E-state index is 10.2. The topological polar surface area (TPSA) is 23.5 Å². The molecule has 1 fully saturated rings. The van der Waals surface area contributed by atoms with Crippen molar-refractivity contribution >= 4 is 28.0 Å². The second-order valence-electron chi connectivity index (χ2n) is 7.20. The summed E-state index contributed by atoms with van der Waals surface area (Å²) in [5, 5.41) is 10.2. The first-order valence-electron chi connectivity index (χ1n) is 9.56. The van der Waals surface area contributed by atoms with Crippen molar-refractivity contribution in [1.82, 2.24) is 0 Å². The van der Waals surface area contributed by atoms with Crippen molar-refractivity contribution in [2.75, 3.05) is 16.4 Å². The van der Waals surface area contributed by atoms with Gasteiger partial charge in [-0.2, -0.15) is 0 Å². The van der Waals surface area contributed by atoms with E-state index >= 15 is 0 Å². The van der Waals surface area contributed by atoms with Crippen LogP contribution < -0.4 is 4.90 Å². The van der Waals surface area contributed by atoms with E-state index in [4.69, 9.17) is 0 Å². The maximum atomic E-state index is 10.2. The number of anilines is 3. The zero-order chi connectivity index (χ0) is 18.8. The van der Waals surface area contributed by atoms with Crippen LogP contribution in [0.5, 0.6) is 5.75 Å². The largest absolute Gasteiger partial charge is 0.507 e. The molecule has 1 N–H and O–H groups in total. The zero-order valence-corrected chi connectivity index (χ0v) is 16.8. The van der Waals surface area contributed by atoms with Gasteiger partial charge in [0.05, 0.1) is 0 Å². The number of hydrogen-bond acceptors (Lipinski definition) is 2. The van der Waals surface area contributed by atoms with Crippen LogP contribution in [-0.4, -0.2) is 16.6 Å². The van der Waals surface area contributed by atoms with Crippen LogP contribution in [0.15, 0.2) is 71.6 Å². The van der Waals surface area contributed by atoms with Crippen LogP contribution in [0, 0.1) is 13.8 Å². The lowest BCUT2D eigenvalue weighted by Gasteiger charge is -2.26. The molecule has 0 saturated carbocycles. The van der Waals surface area contributed by atoms with Crippen molar-refractivity contribution in [1.29, 1.82) is 0 Å². The summed E-state index contributed by atoms with van der Waals surface area (Å²) in [5.74, 6) is 3.07. The Morgan fingerprint density at radius 3 is 1.89 bits per heavy atom.